The second kappa shape index (κ2) is 14.0. The van der Waals surface area contributed by atoms with Crippen molar-refractivity contribution in [1.29, 1.82) is 0 Å². The van der Waals surface area contributed by atoms with Gasteiger partial charge < -0.3 is 23.7 Å². The fraction of sp³-hybridized carbons (Fsp3) is 0.212. The molecule has 0 unspecified atom stereocenters. The highest BCUT2D eigenvalue weighted by molar-refractivity contribution is 5.90. The zero-order valence-corrected chi connectivity index (χ0v) is 24.7. The lowest BCUT2D eigenvalue weighted by molar-refractivity contribution is -0.157. The molecule has 1 aliphatic rings. The molecule has 0 aliphatic carbocycles. The van der Waals surface area contributed by atoms with E-state index >= 15 is 0 Å². The Morgan fingerprint density at radius 2 is 1.23 bits per heavy atom. The van der Waals surface area contributed by atoms with E-state index < -0.39 is 78.2 Å². The first-order chi connectivity index (χ1) is 22.6. The second-order valence-electron chi connectivity index (χ2n) is 10.4. The number of carbonyl (C=O) groups excluding carboxylic acids is 4. The molecule has 0 spiro atoms. The molecule has 2 heterocycles. The highest BCUT2D eigenvalue weighted by Gasteiger charge is 2.62. The molecule has 47 heavy (non-hydrogen) atoms. The molecule has 1 fully saturated rings. The van der Waals surface area contributed by atoms with Gasteiger partial charge in [0.25, 0.3) is 5.56 Å². The lowest BCUT2D eigenvalue weighted by atomic mass is 9.96. The highest BCUT2D eigenvalue weighted by Crippen LogP contribution is 2.42. The molecule has 1 saturated heterocycles. The first-order valence-electron chi connectivity index (χ1n) is 14.1. The lowest BCUT2D eigenvalue weighted by Gasteiger charge is -2.33. The molecule has 0 amide bonds. The molecule has 0 radical (unpaired) electrons. The van der Waals surface area contributed by atoms with Gasteiger partial charge in [-0.25, -0.2) is 19.2 Å². The van der Waals surface area contributed by atoms with Gasteiger partial charge in [0.1, 0.15) is 13.2 Å². The van der Waals surface area contributed by atoms with Crippen molar-refractivity contribution in [2.24, 2.45) is 0 Å². The lowest BCUT2D eigenvalue weighted by Crippen LogP contribution is -2.54. The minimum atomic E-state index is -2.17. The predicted octanol–water partition coefficient (Wildman–Crippen LogP) is 2.81. The molecule has 13 nitrogen and oxygen atoms in total. The average molecular weight is 647 g/mol. The van der Waals surface area contributed by atoms with Crippen LogP contribution in [0.5, 0.6) is 0 Å². The van der Waals surface area contributed by atoms with Gasteiger partial charge in [0.15, 0.2) is 24.0 Å². The van der Waals surface area contributed by atoms with Gasteiger partial charge in [-0.3, -0.25) is 19.1 Å². The molecule has 3 aromatic carbocycles. The van der Waals surface area contributed by atoms with Crippen LogP contribution >= 0.6 is 0 Å². The first-order valence-corrected chi connectivity index (χ1v) is 14.1. The van der Waals surface area contributed by atoms with E-state index in [0.29, 0.717) is 10.8 Å². The zero-order valence-electron chi connectivity index (χ0n) is 24.7. The number of aromatic nitrogens is 2. The van der Waals surface area contributed by atoms with Crippen molar-refractivity contribution >= 4 is 23.9 Å². The van der Waals surface area contributed by atoms with Gasteiger partial charge in [-0.1, -0.05) is 54.6 Å². The maximum atomic E-state index is 14.5. The largest absolute Gasteiger partial charge is 0.459 e. The van der Waals surface area contributed by atoms with Crippen molar-refractivity contribution in [3.63, 3.8) is 0 Å². The first kappa shape index (κ1) is 32.5. The third-order valence-corrected chi connectivity index (χ3v) is 7.11. The quantitative estimate of drug-likeness (QED) is 0.199. The van der Waals surface area contributed by atoms with Crippen LogP contribution < -0.4 is 11.2 Å². The molecule has 5 rings (SSSR count). The Bertz CT molecular complexity index is 1820. The number of aromatic amines is 1. The third-order valence-electron chi connectivity index (χ3n) is 7.11. The number of nitrogens with zero attached hydrogens (tertiary/aromatic N) is 1. The van der Waals surface area contributed by atoms with E-state index in [-0.39, 0.29) is 16.7 Å². The summed E-state index contributed by atoms with van der Waals surface area (Å²) < 4.78 is 43.8. The van der Waals surface area contributed by atoms with E-state index in [4.69, 9.17) is 23.7 Å². The molecule has 14 heteroatoms. The van der Waals surface area contributed by atoms with Gasteiger partial charge in [-0.05, 0) is 36.4 Å². The molecule has 0 saturated carbocycles. The Morgan fingerprint density at radius 1 is 0.766 bits per heavy atom. The van der Waals surface area contributed by atoms with Crippen molar-refractivity contribution in [2.75, 3.05) is 13.2 Å². The number of rotatable bonds is 10. The van der Waals surface area contributed by atoms with E-state index in [1.54, 1.807) is 59.6 Å². The minimum Gasteiger partial charge on any atom is -0.459 e. The summed E-state index contributed by atoms with van der Waals surface area (Å²) in [5.41, 5.74) is -4.36. The molecule has 1 aliphatic heterocycles. The molecule has 242 valence electrons. The fourth-order valence-electron chi connectivity index (χ4n) is 4.90. The van der Waals surface area contributed by atoms with Crippen molar-refractivity contribution in [3.05, 3.63) is 141 Å². The second-order valence-corrected chi connectivity index (χ2v) is 10.4. The van der Waals surface area contributed by atoms with E-state index in [9.17, 15) is 33.2 Å². The van der Waals surface area contributed by atoms with Crippen LogP contribution in [0.4, 0.5) is 4.39 Å². The smallest absolute Gasteiger partial charge is 0.338 e. The summed E-state index contributed by atoms with van der Waals surface area (Å²) in [6, 6.07) is 23.3. The Labute approximate surface area is 265 Å². The highest BCUT2D eigenvalue weighted by atomic mass is 19.1. The molecule has 1 aromatic heterocycles. The number of halogens is 1. The van der Waals surface area contributed by atoms with Crippen LogP contribution in [0.2, 0.25) is 0 Å². The van der Waals surface area contributed by atoms with Crippen molar-refractivity contribution in [2.45, 2.75) is 31.0 Å². The van der Waals surface area contributed by atoms with E-state index in [1.165, 1.54) is 36.4 Å². The third kappa shape index (κ3) is 7.34. The fourth-order valence-corrected chi connectivity index (χ4v) is 4.90. The van der Waals surface area contributed by atoms with Gasteiger partial charge in [0.05, 0.1) is 22.9 Å². The molecule has 4 aromatic rings. The number of ether oxygens (including phenoxy) is 5. The van der Waals surface area contributed by atoms with Gasteiger partial charge in [0.2, 0.25) is 5.82 Å². The summed E-state index contributed by atoms with van der Waals surface area (Å²) in [6.45, 7) is -0.553. The van der Waals surface area contributed by atoms with Crippen LogP contribution in [0, 0.1) is 5.82 Å². The van der Waals surface area contributed by atoms with Crippen molar-refractivity contribution in [3.8, 4) is 0 Å². The number of benzene rings is 3. The Morgan fingerprint density at radius 3 is 1.70 bits per heavy atom. The average Bonchev–Trinajstić information content (AvgIpc) is 3.36. The standard InChI is InChI=1S/C33H27FN2O11/c1-20(37)45-25-26(46-31(41)23-15-9-4-10-16-23)33(18-43-29(39)21-11-5-2-6-12-21,19-44-30(40)22-13-7-3-8-14-22)47-28(25)36-17-24(34)27(38)35-32(36)42/h2-17,25-26,28H,18-19H2,1H3,(H,35,38,42)/t25-,26+,28-/m0/s1. The van der Waals surface area contributed by atoms with E-state index in [2.05, 4.69) is 0 Å². The SMILES string of the molecule is CC(=O)O[C@H]1[C@@H](OC(=O)c2ccccc2)C(COC(=O)c2ccccc2)(COC(=O)c2ccccc2)O[C@@H]1n1cc(F)c(=O)[nH]c1=O. The molecule has 1 N–H and O–H groups in total. The number of carbonyl (C=O) groups is 4. The molecular weight excluding hydrogens is 619 g/mol. The Balaban J connectivity index is 1.62. The minimum absolute atomic E-state index is 0.0567. The normalized spacial score (nSPS) is 18.1. The maximum Gasteiger partial charge on any atom is 0.338 e. The number of hydrogen-bond donors (Lipinski definition) is 1. The summed E-state index contributed by atoms with van der Waals surface area (Å²) in [5.74, 6) is -4.98. The number of esters is 4. The summed E-state index contributed by atoms with van der Waals surface area (Å²) in [7, 11) is 0. The van der Waals surface area contributed by atoms with Crippen molar-refractivity contribution in [1.82, 2.24) is 9.55 Å². The van der Waals surface area contributed by atoms with Gasteiger partial charge in [0, 0.05) is 6.92 Å². The van der Waals surface area contributed by atoms with E-state index in [1.807, 2.05) is 0 Å². The monoisotopic (exact) mass is 646 g/mol. The van der Waals surface area contributed by atoms with Crippen LogP contribution in [0.3, 0.4) is 0 Å². The summed E-state index contributed by atoms with van der Waals surface area (Å²) in [6.07, 6.45) is -4.76. The van der Waals surface area contributed by atoms with Crippen LogP contribution in [-0.4, -0.2) is 64.5 Å². The predicted molar refractivity (Wildman–Crippen MR) is 159 cm³/mol. The van der Waals surface area contributed by atoms with Gasteiger partial charge >= 0.3 is 29.6 Å². The Kier molecular flexibility index (Phi) is 9.71. The maximum absolute atomic E-state index is 14.5. The summed E-state index contributed by atoms with van der Waals surface area (Å²) in [5, 5.41) is 0. The zero-order chi connectivity index (χ0) is 33.6. The Hall–Kier alpha value is -5.89. The molecule has 3 atom stereocenters. The van der Waals surface area contributed by atoms with Crippen LogP contribution in [0.1, 0.15) is 44.2 Å². The summed E-state index contributed by atoms with van der Waals surface area (Å²) in [4.78, 5) is 78.5. The topological polar surface area (TPSA) is 169 Å². The van der Waals surface area contributed by atoms with Crippen LogP contribution in [-0.2, 0) is 28.5 Å². The van der Waals surface area contributed by atoms with E-state index in [0.717, 1.165) is 6.92 Å². The van der Waals surface area contributed by atoms with Crippen LogP contribution in [0.15, 0.2) is 107 Å². The molecule has 0 bridgehead atoms. The van der Waals surface area contributed by atoms with Gasteiger partial charge in [-0.2, -0.15) is 4.39 Å². The molecular formula is C33H27FN2O11. The van der Waals surface area contributed by atoms with Gasteiger partial charge in [-0.15, -0.1) is 0 Å². The van der Waals surface area contributed by atoms with Crippen LogP contribution in [0.25, 0.3) is 0 Å². The number of nitrogens with one attached hydrogen (secondary N) is 1. The number of H-pyrrole nitrogens is 1. The van der Waals surface area contributed by atoms with Crippen molar-refractivity contribution < 1.29 is 47.3 Å². The number of hydrogen-bond acceptors (Lipinski definition) is 11. The summed E-state index contributed by atoms with van der Waals surface area (Å²) >= 11 is 0.